The molecule has 3 heteroatoms. The summed E-state index contributed by atoms with van der Waals surface area (Å²) in [6.07, 6.45) is 0. The van der Waals surface area contributed by atoms with Gasteiger partial charge in [0, 0.05) is 35.4 Å². The number of hydrogen-bond acceptors (Lipinski definition) is 0. The van der Waals surface area contributed by atoms with Gasteiger partial charge in [-0.2, -0.15) is 58.7 Å². The van der Waals surface area contributed by atoms with Crippen molar-refractivity contribution in [1.82, 2.24) is 0 Å². The summed E-state index contributed by atoms with van der Waals surface area (Å²) in [4.78, 5) is 0. The van der Waals surface area contributed by atoms with Crippen molar-refractivity contribution in [3.8, 4) is 22.3 Å². The standard InChI is InChI=1S/2C12H11.C2H7Si.ClH.Sc/c2*1-10-6-5-9-12(10)11-7-3-2-4-8-11;1-3-2;;/h2*2-9H,1H3;3H,1-2H3;1H;/q2*-1;;;. The first kappa shape index (κ1) is 27.5. The average Bonchev–Trinajstić information content (AvgIpc) is 3.32. The predicted octanol–water partition coefficient (Wildman–Crippen LogP) is 7.70. The van der Waals surface area contributed by atoms with Crippen LogP contribution in [-0.4, -0.2) is 9.52 Å². The van der Waals surface area contributed by atoms with Crippen LogP contribution >= 0.6 is 12.4 Å². The maximum Gasteiger partial charge on any atom is 0.0213 e. The van der Waals surface area contributed by atoms with Crippen LogP contribution in [0, 0.1) is 13.8 Å². The molecule has 4 aromatic carbocycles. The van der Waals surface area contributed by atoms with E-state index < -0.39 is 0 Å². The second-order valence-electron chi connectivity index (χ2n) is 6.55. The molecule has 0 aliphatic carbocycles. The Morgan fingerprint density at radius 3 is 1.14 bits per heavy atom. The summed E-state index contributed by atoms with van der Waals surface area (Å²) >= 11 is 0. The summed E-state index contributed by atoms with van der Waals surface area (Å²) in [7, 11) is 0.750. The molecule has 29 heavy (non-hydrogen) atoms. The first-order valence-electron chi connectivity index (χ1n) is 9.46. The van der Waals surface area contributed by atoms with E-state index in [0.29, 0.717) is 0 Å². The van der Waals surface area contributed by atoms with Gasteiger partial charge in [0.05, 0.1) is 0 Å². The van der Waals surface area contributed by atoms with E-state index in [-0.39, 0.29) is 38.3 Å². The van der Waals surface area contributed by atoms with Crippen molar-refractivity contribution >= 4 is 21.9 Å². The Morgan fingerprint density at radius 1 is 0.586 bits per heavy atom. The van der Waals surface area contributed by atoms with E-state index in [1.807, 2.05) is 12.1 Å². The van der Waals surface area contributed by atoms with Gasteiger partial charge in [0.1, 0.15) is 0 Å². The molecule has 4 rings (SSSR count). The fraction of sp³-hybridized carbons (Fsp3) is 0.154. The molecule has 0 nitrogen and oxygen atoms in total. The normalized spacial score (nSPS) is 8.97. The Morgan fingerprint density at radius 2 is 0.897 bits per heavy atom. The topological polar surface area (TPSA) is 0 Å². The van der Waals surface area contributed by atoms with Gasteiger partial charge in [-0.25, -0.2) is 0 Å². The molecule has 0 saturated carbocycles. The summed E-state index contributed by atoms with van der Waals surface area (Å²) in [5.41, 5.74) is 7.99. The molecule has 0 saturated heterocycles. The number of halogens is 1. The van der Waals surface area contributed by atoms with Crippen LogP contribution in [0.2, 0.25) is 13.1 Å². The van der Waals surface area contributed by atoms with Gasteiger partial charge < -0.3 is 0 Å². The van der Waals surface area contributed by atoms with Crippen LogP contribution in [0.1, 0.15) is 11.1 Å². The first-order chi connectivity index (χ1) is 13.2. The molecular weight excluding hydrogens is 421 g/mol. The first-order valence-corrected chi connectivity index (χ1v) is 11.8. The Balaban J connectivity index is 0.000000450. The minimum absolute atomic E-state index is 0. The summed E-state index contributed by atoms with van der Waals surface area (Å²) in [5.74, 6) is 0. The Bertz CT molecular complexity index is 819. The average molecular weight is 451 g/mol. The van der Waals surface area contributed by atoms with E-state index in [1.165, 1.54) is 33.4 Å². The summed E-state index contributed by atoms with van der Waals surface area (Å²) in [6.45, 7) is 8.70. The van der Waals surface area contributed by atoms with Crippen molar-refractivity contribution < 1.29 is 25.8 Å². The molecule has 0 fully saturated rings. The fourth-order valence-electron chi connectivity index (χ4n) is 2.90. The van der Waals surface area contributed by atoms with Crippen molar-refractivity contribution in [2.75, 3.05) is 0 Å². The van der Waals surface area contributed by atoms with E-state index in [2.05, 4.69) is 112 Å². The van der Waals surface area contributed by atoms with E-state index in [0.717, 1.165) is 9.52 Å². The van der Waals surface area contributed by atoms with Crippen molar-refractivity contribution in [3.63, 3.8) is 0 Å². The quantitative estimate of drug-likeness (QED) is 0.217. The number of hydrogen-bond donors (Lipinski definition) is 0. The number of benzene rings is 2. The Hall–Kier alpha value is -1.48. The monoisotopic (exact) mass is 450 g/mol. The maximum atomic E-state index is 2.21. The third kappa shape index (κ3) is 8.82. The van der Waals surface area contributed by atoms with Gasteiger partial charge in [0.25, 0.3) is 0 Å². The van der Waals surface area contributed by atoms with Gasteiger partial charge in [-0.15, -0.1) is 12.4 Å². The second-order valence-corrected chi connectivity index (χ2v) is 7.71. The van der Waals surface area contributed by atoms with Crippen LogP contribution < -0.4 is 0 Å². The SMILES string of the molecule is C[SiH]C.Cc1c[cH-]cc1-c1ccccc1.Cc1c[cH-]cc1-c1ccccc1.Cl.[Sc]. The molecule has 0 unspecified atom stereocenters. The molecule has 0 aliphatic heterocycles. The van der Waals surface area contributed by atoms with Crippen molar-refractivity contribution in [3.05, 3.63) is 108 Å². The third-order valence-corrected chi connectivity index (χ3v) is 4.24. The van der Waals surface area contributed by atoms with E-state index in [4.69, 9.17) is 0 Å². The zero-order chi connectivity index (χ0) is 19.5. The molecule has 0 aromatic heterocycles. The summed E-state index contributed by atoms with van der Waals surface area (Å²) in [5, 5.41) is 0. The van der Waals surface area contributed by atoms with Crippen LogP contribution in [0.5, 0.6) is 0 Å². The molecule has 0 aliphatic rings. The summed E-state index contributed by atoms with van der Waals surface area (Å²) in [6, 6.07) is 33.7. The van der Waals surface area contributed by atoms with Crippen molar-refractivity contribution in [1.29, 1.82) is 0 Å². The van der Waals surface area contributed by atoms with Crippen LogP contribution in [-0.2, 0) is 25.8 Å². The third-order valence-electron chi connectivity index (χ3n) is 4.24. The van der Waals surface area contributed by atoms with Gasteiger partial charge in [0.15, 0.2) is 0 Å². The zero-order valence-electron chi connectivity index (χ0n) is 17.8. The Labute approximate surface area is 204 Å². The minimum Gasteiger partial charge on any atom is -0.194 e. The zero-order valence-corrected chi connectivity index (χ0v) is 21.6. The molecule has 0 N–H and O–H groups in total. The van der Waals surface area contributed by atoms with Gasteiger partial charge >= 0.3 is 0 Å². The van der Waals surface area contributed by atoms with Gasteiger partial charge in [-0.3, -0.25) is 0 Å². The largest absolute Gasteiger partial charge is 0.194 e. The molecule has 150 valence electrons. The second kappa shape index (κ2) is 15.4. The van der Waals surface area contributed by atoms with Crippen molar-refractivity contribution in [2.24, 2.45) is 0 Å². The predicted molar refractivity (Wildman–Crippen MR) is 131 cm³/mol. The van der Waals surface area contributed by atoms with Gasteiger partial charge in [-0.05, 0) is 0 Å². The van der Waals surface area contributed by atoms with Crippen LogP contribution in [0.4, 0.5) is 0 Å². The molecule has 0 bridgehead atoms. The number of aryl methyl sites for hydroxylation is 2. The van der Waals surface area contributed by atoms with Gasteiger partial charge in [-0.1, -0.05) is 98.7 Å². The van der Waals surface area contributed by atoms with E-state index in [9.17, 15) is 0 Å². The molecule has 4 aromatic rings. The van der Waals surface area contributed by atoms with Crippen molar-refractivity contribution in [2.45, 2.75) is 26.9 Å². The number of rotatable bonds is 2. The minimum atomic E-state index is 0. The molecule has 0 spiro atoms. The molecular formula is C26H30ClScSi-2. The maximum absolute atomic E-state index is 2.21. The van der Waals surface area contributed by atoms with E-state index in [1.54, 1.807) is 0 Å². The fourth-order valence-corrected chi connectivity index (χ4v) is 2.90. The molecule has 0 amide bonds. The summed E-state index contributed by atoms with van der Waals surface area (Å²) < 4.78 is 0. The molecule has 0 heterocycles. The van der Waals surface area contributed by atoms with Gasteiger partial charge in [0.2, 0.25) is 0 Å². The van der Waals surface area contributed by atoms with Crippen LogP contribution in [0.3, 0.4) is 0 Å². The van der Waals surface area contributed by atoms with E-state index >= 15 is 0 Å². The Kier molecular flexibility index (Phi) is 14.6. The molecule has 0 atom stereocenters. The molecule has 2 radical (unpaired) electrons. The smallest absolute Gasteiger partial charge is 0.0213 e. The van der Waals surface area contributed by atoms with Crippen LogP contribution in [0.15, 0.2) is 97.1 Å². The van der Waals surface area contributed by atoms with Crippen LogP contribution in [0.25, 0.3) is 22.3 Å².